The van der Waals surface area contributed by atoms with E-state index in [1.54, 1.807) is 6.07 Å². The zero-order chi connectivity index (χ0) is 16.2. The number of nitrogens with zero attached hydrogens (tertiary/aromatic N) is 2. The van der Waals surface area contributed by atoms with E-state index < -0.39 is 0 Å². The lowest BCUT2D eigenvalue weighted by molar-refractivity contribution is -0.134. The number of likely N-dealkylation sites (tertiary alicyclic amines) is 1. The largest absolute Gasteiger partial charge is 0.341 e. The third kappa shape index (κ3) is 4.09. The van der Waals surface area contributed by atoms with Crippen LogP contribution in [0.5, 0.6) is 0 Å². The Morgan fingerprint density at radius 2 is 2.13 bits per heavy atom. The third-order valence-corrected chi connectivity index (χ3v) is 5.00. The highest BCUT2D eigenvalue weighted by Crippen LogP contribution is 2.20. The minimum atomic E-state index is -0.234. The molecule has 0 spiro atoms. The predicted octanol–water partition coefficient (Wildman–Crippen LogP) is 1.51. The first-order chi connectivity index (χ1) is 11.1. The third-order valence-electron chi connectivity index (χ3n) is 5.00. The van der Waals surface area contributed by atoms with E-state index in [0.29, 0.717) is 12.5 Å². The number of carbonyl (C=O) groups is 1. The molecule has 0 bridgehead atoms. The van der Waals surface area contributed by atoms with Gasteiger partial charge in [0.15, 0.2) is 0 Å². The molecular formula is C18H26FN3O. The number of benzene rings is 1. The zero-order valence-electron chi connectivity index (χ0n) is 13.8. The van der Waals surface area contributed by atoms with E-state index in [1.165, 1.54) is 12.1 Å². The summed E-state index contributed by atoms with van der Waals surface area (Å²) in [5.41, 5.74) is 0.892. The molecular weight excluding hydrogens is 293 g/mol. The quantitative estimate of drug-likeness (QED) is 0.914. The van der Waals surface area contributed by atoms with E-state index in [9.17, 15) is 9.18 Å². The summed E-state index contributed by atoms with van der Waals surface area (Å²) in [5, 5.41) is 3.37. The summed E-state index contributed by atoms with van der Waals surface area (Å²) in [4.78, 5) is 17.2. The normalized spacial score (nSPS) is 23.9. The SMILES string of the molecule is CC(Cc1cccc(F)c1)C(=O)N1CCC(N2CCNCC2)C1. The van der Waals surface area contributed by atoms with Crippen LogP contribution in [0.25, 0.3) is 0 Å². The molecule has 0 aliphatic carbocycles. The van der Waals surface area contributed by atoms with Crippen molar-refractivity contribution >= 4 is 5.91 Å². The molecule has 4 nitrogen and oxygen atoms in total. The maximum atomic E-state index is 13.3. The van der Waals surface area contributed by atoms with Crippen LogP contribution >= 0.6 is 0 Å². The fourth-order valence-electron chi connectivity index (χ4n) is 3.70. The van der Waals surface area contributed by atoms with Crippen molar-refractivity contribution in [2.24, 2.45) is 5.92 Å². The molecule has 2 fully saturated rings. The molecule has 126 valence electrons. The molecule has 1 aromatic rings. The number of carbonyl (C=O) groups excluding carboxylic acids is 1. The molecule has 1 aromatic carbocycles. The first-order valence-electron chi connectivity index (χ1n) is 8.61. The second-order valence-corrected chi connectivity index (χ2v) is 6.75. The topological polar surface area (TPSA) is 35.6 Å². The Kier molecular flexibility index (Phi) is 5.28. The van der Waals surface area contributed by atoms with Gasteiger partial charge in [-0.2, -0.15) is 0 Å². The first kappa shape index (κ1) is 16.4. The van der Waals surface area contributed by atoms with Gasteiger partial charge in [0.1, 0.15) is 5.82 Å². The molecule has 2 atom stereocenters. The highest BCUT2D eigenvalue weighted by atomic mass is 19.1. The Balaban J connectivity index is 1.53. The van der Waals surface area contributed by atoms with Crippen LogP contribution in [0.15, 0.2) is 24.3 Å². The van der Waals surface area contributed by atoms with Crippen LogP contribution in [0.3, 0.4) is 0 Å². The fraction of sp³-hybridized carbons (Fsp3) is 0.611. The van der Waals surface area contributed by atoms with Crippen molar-refractivity contribution in [3.8, 4) is 0 Å². The molecule has 23 heavy (non-hydrogen) atoms. The second-order valence-electron chi connectivity index (χ2n) is 6.75. The molecule has 3 rings (SSSR count). The van der Waals surface area contributed by atoms with Crippen molar-refractivity contribution in [2.45, 2.75) is 25.8 Å². The van der Waals surface area contributed by atoms with Crippen molar-refractivity contribution < 1.29 is 9.18 Å². The minimum Gasteiger partial charge on any atom is -0.341 e. The van der Waals surface area contributed by atoms with Gasteiger partial charge in [-0.3, -0.25) is 9.69 Å². The van der Waals surface area contributed by atoms with E-state index in [4.69, 9.17) is 0 Å². The summed E-state index contributed by atoms with van der Waals surface area (Å²) in [6, 6.07) is 7.06. The molecule has 0 aromatic heterocycles. The Morgan fingerprint density at radius 3 is 2.87 bits per heavy atom. The summed E-state index contributed by atoms with van der Waals surface area (Å²) in [5.74, 6) is -0.132. The molecule has 1 amide bonds. The second kappa shape index (κ2) is 7.41. The van der Waals surface area contributed by atoms with E-state index >= 15 is 0 Å². The van der Waals surface area contributed by atoms with Crippen LogP contribution in [0, 0.1) is 11.7 Å². The number of rotatable bonds is 4. The Hall–Kier alpha value is -1.46. The van der Waals surface area contributed by atoms with Crippen LogP contribution in [0.4, 0.5) is 4.39 Å². The lowest BCUT2D eigenvalue weighted by Gasteiger charge is -2.32. The smallest absolute Gasteiger partial charge is 0.225 e. The van der Waals surface area contributed by atoms with Gasteiger partial charge in [0, 0.05) is 51.2 Å². The summed E-state index contributed by atoms with van der Waals surface area (Å²) in [6.07, 6.45) is 1.67. The highest BCUT2D eigenvalue weighted by molar-refractivity contribution is 5.79. The molecule has 5 heteroatoms. The molecule has 2 unspecified atom stereocenters. The van der Waals surface area contributed by atoms with Crippen molar-refractivity contribution in [1.82, 2.24) is 15.1 Å². The maximum Gasteiger partial charge on any atom is 0.225 e. The van der Waals surface area contributed by atoms with Crippen molar-refractivity contribution in [1.29, 1.82) is 0 Å². The first-order valence-corrected chi connectivity index (χ1v) is 8.61. The van der Waals surface area contributed by atoms with Gasteiger partial charge < -0.3 is 10.2 Å². The van der Waals surface area contributed by atoms with Gasteiger partial charge in [0.05, 0.1) is 0 Å². The van der Waals surface area contributed by atoms with Crippen LogP contribution in [-0.4, -0.2) is 61.0 Å². The lowest BCUT2D eigenvalue weighted by Crippen LogP contribution is -2.49. The summed E-state index contributed by atoms with van der Waals surface area (Å²) < 4.78 is 13.3. The Labute approximate surface area is 137 Å². The summed E-state index contributed by atoms with van der Waals surface area (Å²) in [6.45, 7) is 7.87. The van der Waals surface area contributed by atoms with Crippen LogP contribution in [0.2, 0.25) is 0 Å². The van der Waals surface area contributed by atoms with E-state index in [0.717, 1.165) is 51.3 Å². The molecule has 0 radical (unpaired) electrons. The fourth-order valence-corrected chi connectivity index (χ4v) is 3.70. The average molecular weight is 319 g/mol. The van der Waals surface area contributed by atoms with E-state index in [-0.39, 0.29) is 17.6 Å². The van der Waals surface area contributed by atoms with Gasteiger partial charge >= 0.3 is 0 Å². The monoisotopic (exact) mass is 319 g/mol. The summed E-state index contributed by atoms with van der Waals surface area (Å²) >= 11 is 0. The molecule has 2 heterocycles. The van der Waals surface area contributed by atoms with Gasteiger partial charge in [-0.1, -0.05) is 19.1 Å². The molecule has 0 saturated carbocycles. The predicted molar refractivity (Wildman–Crippen MR) is 88.7 cm³/mol. The number of piperazine rings is 1. The standard InChI is InChI=1S/C18H26FN3O/c1-14(11-15-3-2-4-16(19)12-15)18(23)22-8-5-17(13-22)21-9-6-20-7-10-21/h2-4,12,14,17,20H,5-11,13H2,1H3. The molecule has 2 aliphatic heterocycles. The number of hydrogen-bond donors (Lipinski definition) is 1. The van der Waals surface area contributed by atoms with Gasteiger partial charge in [-0.15, -0.1) is 0 Å². The lowest BCUT2D eigenvalue weighted by atomic mass is 10.00. The minimum absolute atomic E-state index is 0.0985. The molecule has 1 N–H and O–H groups in total. The van der Waals surface area contributed by atoms with Crippen LogP contribution in [0.1, 0.15) is 18.9 Å². The van der Waals surface area contributed by atoms with E-state index in [2.05, 4.69) is 10.2 Å². The average Bonchev–Trinajstić information content (AvgIpc) is 3.05. The van der Waals surface area contributed by atoms with Crippen LogP contribution < -0.4 is 5.32 Å². The number of nitrogens with one attached hydrogen (secondary N) is 1. The molecule has 2 saturated heterocycles. The van der Waals surface area contributed by atoms with Crippen molar-refractivity contribution in [3.05, 3.63) is 35.6 Å². The van der Waals surface area contributed by atoms with Gasteiger partial charge in [0.25, 0.3) is 0 Å². The highest BCUT2D eigenvalue weighted by Gasteiger charge is 2.32. The summed E-state index contributed by atoms with van der Waals surface area (Å²) in [7, 11) is 0. The van der Waals surface area contributed by atoms with Gasteiger partial charge in [-0.05, 0) is 30.5 Å². The van der Waals surface area contributed by atoms with E-state index in [1.807, 2.05) is 17.9 Å². The number of halogens is 1. The number of amides is 1. The van der Waals surface area contributed by atoms with Gasteiger partial charge in [0.2, 0.25) is 5.91 Å². The maximum absolute atomic E-state index is 13.3. The Bertz CT molecular complexity index is 545. The zero-order valence-corrected chi connectivity index (χ0v) is 13.8. The van der Waals surface area contributed by atoms with Crippen molar-refractivity contribution in [2.75, 3.05) is 39.3 Å². The van der Waals surface area contributed by atoms with Crippen molar-refractivity contribution in [3.63, 3.8) is 0 Å². The van der Waals surface area contributed by atoms with Crippen LogP contribution in [-0.2, 0) is 11.2 Å². The number of hydrogen-bond acceptors (Lipinski definition) is 3. The van der Waals surface area contributed by atoms with Gasteiger partial charge in [-0.25, -0.2) is 4.39 Å². The Morgan fingerprint density at radius 1 is 1.35 bits per heavy atom. The molecule has 2 aliphatic rings.